The van der Waals surface area contributed by atoms with Crippen LogP contribution in [-0.2, 0) is 0 Å². The van der Waals surface area contributed by atoms with E-state index >= 15 is 0 Å². The molecule has 3 heterocycles. The van der Waals surface area contributed by atoms with Crippen LogP contribution in [0.25, 0.3) is 10.9 Å². The van der Waals surface area contributed by atoms with Gasteiger partial charge in [0.05, 0.1) is 0 Å². The second kappa shape index (κ2) is 9.26. The van der Waals surface area contributed by atoms with Gasteiger partial charge in [0.2, 0.25) is 0 Å². The first-order chi connectivity index (χ1) is 11.6. The fraction of sp³-hybridized carbons (Fsp3) is 0.143. The van der Waals surface area contributed by atoms with Crippen LogP contribution in [0, 0.1) is 20.8 Å². The SMILES string of the molecule is Cc1cc2ccccc2[nH]1.Cc1cccnc1.Cc1ccncc1. The predicted octanol–water partition coefficient (Wildman–Crippen LogP) is 5.26. The lowest BCUT2D eigenvalue weighted by molar-refractivity contribution is 1.27. The van der Waals surface area contributed by atoms with Crippen molar-refractivity contribution in [3.63, 3.8) is 0 Å². The molecule has 3 aromatic heterocycles. The Bertz CT molecular complexity index is 766. The number of rotatable bonds is 0. The molecule has 1 aromatic carbocycles. The molecule has 3 nitrogen and oxygen atoms in total. The minimum Gasteiger partial charge on any atom is -0.359 e. The zero-order valence-electron chi connectivity index (χ0n) is 14.4. The van der Waals surface area contributed by atoms with Crippen molar-refractivity contribution in [2.24, 2.45) is 0 Å². The lowest BCUT2D eigenvalue weighted by Gasteiger charge is -1.83. The van der Waals surface area contributed by atoms with E-state index in [-0.39, 0.29) is 0 Å². The maximum Gasteiger partial charge on any atom is 0.0455 e. The third-order valence-corrected chi connectivity index (χ3v) is 3.32. The van der Waals surface area contributed by atoms with Crippen LogP contribution in [0.15, 0.2) is 79.4 Å². The van der Waals surface area contributed by atoms with E-state index in [2.05, 4.69) is 46.1 Å². The van der Waals surface area contributed by atoms with Gasteiger partial charge < -0.3 is 4.98 Å². The summed E-state index contributed by atoms with van der Waals surface area (Å²) in [7, 11) is 0. The molecule has 0 aliphatic heterocycles. The van der Waals surface area contributed by atoms with Crippen LogP contribution in [0.5, 0.6) is 0 Å². The van der Waals surface area contributed by atoms with Gasteiger partial charge in [0.1, 0.15) is 0 Å². The highest BCUT2D eigenvalue weighted by Crippen LogP contribution is 2.12. The monoisotopic (exact) mass is 317 g/mol. The Morgan fingerprint density at radius 3 is 1.96 bits per heavy atom. The summed E-state index contributed by atoms with van der Waals surface area (Å²) in [5.74, 6) is 0. The number of aryl methyl sites for hydroxylation is 3. The van der Waals surface area contributed by atoms with Gasteiger partial charge in [0, 0.05) is 36.0 Å². The number of H-pyrrole nitrogens is 1. The van der Waals surface area contributed by atoms with Gasteiger partial charge in [0.25, 0.3) is 0 Å². The van der Waals surface area contributed by atoms with E-state index in [0.717, 1.165) is 0 Å². The highest BCUT2D eigenvalue weighted by Gasteiger charge is 1.92. The van der Waals surface area contributed by atoms with Crippen LogP contribution in [-0.4, -0.2) is 15.0 Å². The molecular formula is C21H23N3. The Morgan fingerprint density at radius 1 is 0.708 bits per heavy atom. The van der Waals surface area contributed by atoms with E-state index in [9.17, 15) is 0 Å². The number of hydrogen-bond acceptors (Lipinski definition) is 2. The topological polar surface area (TPSA) is 41.6 Å². The average Bonchev–Trinajstić information content (AvgIpc) is 2.97. The molecule has 0 fully saturated rings. The number of nitrogens with one attached hydrogen (secondary N) is 1. The van der Waals surface area contributed by atoms with E-state index < -0.39 is 0 Å². The fourth-order valence-corrected chi connectivity index (χ4v) is 2.09. The summed E-state index contributed by atoms with van der Waals surface area (Å²) < 4.78 is 0. The van der Waals surface area contributed by atoms with Gasteiger partial charge in [-0.2, -0.15) is 0 Å². The number of aromatic nitrogens is 3. The Balaban J connectivity index is 0.000000134. The van der Waals surface area contributed by atoms with Crippen LogP contribution >= 0.6 is 0 Å². The molecule has 0 spiro atoms. The Morgan fingerprint density at radius 2 is 1.46 bits per heavy atom. The molecule has 122 valence electrons. The number of aromatic amines is 1. The minimum atomic E-state index is 1.21. The Kier molecular flexibility index (Phi) is 6.72. The molecule has 0 saturated carbocycles. The first-order valence-electron chi connectivity index (χ1n) is 7.93. The van der Waals surface area contributed by atoms with Crippen LogP contribution < -0.4 is 0 Å². The minimum absolute atomic E-state index is 1.21. The summed E-state index contributed by atoms with van der Waals surface area (Å²) in [6.07, 6.45) is 7.18. The zero-order chi connectivity index (χ0) is 17.2. The average molecular weight is 317 g/mol. The largest absolute Gasteiger partial charge is 0.359 e. The molecule has 0 bridgehead atoms. The molecule has 0 amide bonds. The quantitative estimate of drug-likeness (QED) is 0.481. The molecule has 0 aliphatic rings. The molecule has 0 aliphatic carbocycles. The molecule has 0 saturated heterocycles. The summed E-state index contributed by atoms with van der Waals surface area (Å²) >= 11 is 0. The van der Waals surface area contributed by atoms with Crippen LogP contribution in [0.3, 0.4) is 0 Å². The second-order valence-corrected chi connectivity index (χ2v) is 5.59. The van der Waals surface area contributed by atoms with Crippen molar-refractivity contribution in [2.75, 3.05) is 0 Å². The Labute approximate surface area is 143 Å². The van der Waals surface area contributed by atoms with Gasteiger partial charge in [0.15, 0.2) is 0 Å². The smallest absolute Gasteiger partial charge is 0.0455 e. The van der Waals surface area contributed by atoms with Crippen LogP contribution in [0.4, 0.5) is 0 Å². The summed E-state index contributed by atoms with van der Waals surface area (Å²) in [6.45, 7) is 6.13. The number of hydrogen-bond donors (Lipinski definition) is 1. The summed E-state index contributed by atoms with van der Waals surface area (Å²) in [5.41, 5.74) is 4.92. The molecule has 1 N–H and O–H groups in total. The normalized spacial score (nSPS) is 9.46. The molecule has 24 heavy (non-hydrogen) atoms. The summed E-state index contributed by atoms with van der Waals surface area (Å²) in [6, 6.07) is 18.3. The molecule has 4 rings (SSSR count). The second-order valence-electron chi connectivity index (χ2n) is 5.59. The third-order valence-electron chi connectivity index (χ3n) is 3.32. The van der Waals surface area contributed by atoms with Crippen LogP contribution in [0.2, 0.25) is 0 Å². The third kappa shape index (κ3) is 6.05. The van der Waals surface area contributed by atoms with Crippen molar-refractivity contribution in [3.05, 3.63) is 96.2 Å². The van der Waals surface area contributed by atoms with E-state index in [1.807, 2.05) is 50.4 Å². The van der Waals surface area contributed by atoms with Gasteiger partial charge in [-0.05, 0) is 67.6 Å². The van der Waals surface area contributed by atoms with Crippen molar-refractivity contribution in [3.8, 4) is 0 Å². The van der Waals surface area contributed by atoms with E-state index in [0.29, 0.717) is 0 Å². The van der Waals surface area contributed by atoms with Gasteiger partial charge >= 0.3 is 0 Å². The summed E-state index contributed by atoms with van der Waals surface area (Å²) in [4.78, 5) is 11.0. The number of fused-ring (bicyclic) bond motifs is 1. The summed E-state index contributed by atoms with van der Waals surface area (Å²) in [5, 5.41) is 1.29. The molecule has 3 heteroatoms. The van der Waals surface area contributed by atoms with E-state index in [1.54, 1.807) is 18.6 Å². The number of nitrogens with zero attached hydrogens (tertiary/aromatic N) is 2. The van der Waals surface area contributed by atoms with Gasteiger partial charge in [-0.3, -0.25) is 9.97 Å². The molecule has 0 atom stereocenters. The molecule has 4 aromatic rings. The Hall–Kier alpha value is -2.94. The molecule has 0 radical (unpaired) electrons. The molecular weight excluding hydrogens is 294 g/mol. The predicted molar refractivity (Wildman–Crippen MR) is 101 cm³/mol. The van der Waals surface area contributed by atoms with Crippen molar-refractivity contribution in [2.45, 2.75) is 20.8 Å². The van der Waals surface area contributed by atoms with Crippen molar-refractivity contribution >= 4 is 10.9 Å². The molecule has 0 unspecified atom stereocenters. The van der Waals surface area contributed by atoms with Crippen LogP contribution in [0.1, 0.15) is 16.8 Å². The van der Waals surface area contributed by atoms with Gasteiger partial charge in [-0.15, -0.1) is 0 Å². The fourth-order valence-electron chi connectivity index (χ4n) is 2.09. The maximum atomic E-state index is 3.88. The highest BCUT2D eigenvalue weighted by molar-refractivity contribution is 5.79. The van der Waals surface area contributed by atoms with Crippen molar-refractivity contribution in [1.82, 2.24) is 15.0 Å². The van der Waals surface area contributed by atoms with E-state index in [1.165, 1.54) is 27.7 Å². The van der Waals surface area contributed by atoms with Crippen molar-refractivity contribution < 1.29 is 0 Å². The highest BCUT2D eigenvalue weighted by atomic mass is 14.7. The van der Waals surface area contributed by atoms with Crippen molar-refractivity contribution in [1.29, 1.82) is 0 Å². The standard InChI is InChI=1S/C9H9N.2C6H7N/c1-7-6-8-4-2-3-5-9(8)10-7;1-6-2-4-7-5-3-6;1-6-3-2-4-7-5-6/h2-6,10H,1H3;2*2-5H,1H3. The number of benzene rings is 1. The number of para-hydroxylation sites is 1. The maximum absolute atomic E-state index is 3.88. The zero-order valence-corrected chi connectivity index (χ0v) is 14.4. The first kappa shape index (κ1) is 17.4. The lowest BCUT2D eigenvalue weighted by Crippen LogP contribution is -1.69. The number of pyridine rings is 2. The van der Waals surface area contributed by atoms with E-state index in [4.69, 9.17) is 0 Å². The van der Waals surface area contributed by atoms with Gasteiger partial charge in [-0.25, -0.2) is 0 Å². The lowest BCUT2D eigenvalue weighted by atomic mass is 10.2. The first-order valence-corrected chi connectivity index (χ1v) is 7.93. The van der Waals surface area contributed by atoms with Gasteiger partial charge in [-0.1, -0.05) is 24.3 Å².